The molecule has 0 bridgehead atoms. The van der Waals surface area contributed by atoms with Gasteiger partial charge in [0.05, 0.1) is 12.2 Å². The monoisotopic (exact) mass is 530 g/mol. The molecular formula is C32H50O6. The van der Waals surface area contributed by atoms with Gasteiger partial charge in [0.25, 0.3) is 0 Å². The van der Waals surface area contributed by atoms with Gasteiger partial charge in [-0.2, -0.15) is 0 Å². The molecule has 0 unspecified atom stereocenters. The summed E-state index contributed by atoms with van der Waals surface area (Å²) in [5.74, 6) is 2.10. The number of carbonyl (C=O) groups is 2. The first-order chi connectivity index (χ1) is 17.8. The normalized spacial score (nSPS) is 45.7. The first-order valence-electron chi connectivity index (χ1n) is 15.2. The van der Waals surface area contributed by atoms with Gasteiger partial charge in [0.2, 0.25) is 0 Å². The Labute approximate surface area is 229 Å². The Bertz CT molecular complexity index is 960. The Hall–Kier alpha value is -1.40. The Balaban J connectivity index is 1.48. The summed E-state index contributed by atoms with van der Waals surface area (Å²) in [6.45, 7) is 16.9. The molecule has 0 radical (unpaired) electrons. The summed E-state index contributed by atoms with van der Waals surface area (Å²) >= 11 is 0. The molecule has 5 aliphatic rings. The lowest BCUT2D eigenvalue weighted by molar-refractivity contribution is -0.209. The van der Waals surface area contributed by atoms with E-state index in [0.717, 1.165) is 32.1 Å². The van der Waals surface area contributed by atoms with E-state index in [4.69, 9.17) is 14.2 Å². The standard InChI is InChI=1S/C32H50O6/c1-18(2)19(3)8-9-20(4)25-10-11-26-24-14-28-32(38-28)15-23(35)12-13-31(32,17-36-21(5)33)29(24)27(37-22(6)34)16-30(25,26)7/h18,20,23-29,35H,3,8-17H2,1-2,4-7H3/t20-,23+,24+,25-,26+,27-,28-,29-,30-,31+,32-/m1/s1. The van der Waals surface area contributed by atoms with Crippen molar-refractivity contribution in [1.29, 1.82) is 0 Å². The molecule has 1 N–H and O–H groups in total. The third kappa shape index (κ3) is 4.36. The number of aliphatic hydroxyl groups excluding tert-OH is 1. The van der Waals surface area contributed by atoms with Gasteiger partial charge < -0.3 is 19.3 Å². The third-order valence-corrected chi connectivity index (χ3v) is 12.0. The minimum Gasteiger partial charge on any atom is -0.465 e. The Morgan fingerprint density at radius 1 is 1.11 bits per heavy atom. The van der Waals surface area contributed by atoms with Crippen molar-refractivity contribution in [2.75, 3.05) is 6.61 Å². The predicted octanol–water partition coefficient (Wildman–Crippen LogP) is 5.85. The number of fused-ring (bicyclic) bond motifs is 4. The molecule has 0 aromatic heterocycles. The number of ether oxygens (including phenoxy) is 3. The van der Waals surface area contributed by atoms with Gasteiger partial charge in [0.15, 0.2) is 0 Å². The van der Waals surface area contributed by atoms with E-state index in [1.165, 1.54) is 32.3 Å². The molecule has 1 spiro atoms. The maximum absolute atomic E-state index is 12.5. The van der Waals surface area contributed by atoms with Crippen LogP contribution < -0.4 is 0 Å². The highest BCUT2D eigenvalue weighted by atomic mass is 16.6. The highest BCUT2D eigenvalue weighted by Crippen LogP contribution is 2.74. The first kappa shape index (κ1) is 28.1. The van der Waals surface area contributed by atoms with Crippen molar-refractivity contribution in [3.8, 4) is 0 Å². The smallest absolute Gasteiger partial charge is 0.302 e. The number of epoxide rings is 1. The van der Waals surface area contributed by atoms with E-state index in [0.29, 0.717) is 42.4 Å². The van der Waals surface area contributed by atoms with Crippen LogP contribution in [0.25, 0.3) is 0 Å². The molecule has 0 amide bonds. The Kier molecular flexibility index (Phi) is 7.33. The SMILES string of the molecule is C=C(CC[C@@H](C)[C@H]1CC[C@H]2[C@@H]3C[C@H]4O[C@]45C[C@@H](O)CC[C@]5(COC(C)=O)[C@H]3[C@H](OC(C)=O)C[C@]12C)C(C)C. The Morgan fingerprint density at radius 2 is 1.84 bits per heavy atom. The average molecular weight is 531 g/mol. The van der Waals surface area contributed by atoms with Crippen LogP contribution in [0.3, 0.4) is 0 Å². The van der Waals surface area contributed by atoms with Gasteiger partial charge in [-0.05, 0) is 86.4 Å². The molecule has 0 aromatic rings. The molecule has 4 saturated carbocycles. The zero-order valence-electron chi connectivity index (χ0n) is 24.5. The number of hydrogen-bond acceptors (Lipinski definition) is 6. The van der Waals surface area contributed by atoms with Gasteiger partial charge in [-0.1, -0.05) is 39.8 Å². The molecular weight excluding hydrogens is 480 g/mol. The fraction of sp³-hybridized carbons (Fsp3) is 0.875. The number of aliphatic hydroxyl groups is 1. The topological polar surface area (TPSA) is 85.4 Å². The average Bonchev–Trinajstić information content (AvgIpc) is 3.41. The van der Waals surface area contributed by atoms with Gasteiger partial charge >= 0.3 is 11.9 Å². The molecule has 5 rings (SSSR count). The van der Waals surface area contributed by atoms with Crippen LogP contribution in [0.15, 0.2) is 12.2 Å². The summed E-state index contributed by atoms with van der Waals surface area (Å²) < 4.78 is 18.6. The lowest BCUT2D eigenvalue weighted by Gasteiger charge is -2.62. The van der Waals surface area contributed by atoms with Gasteiger partial charge in [0.1, 0.15) is 18.3 Å². The van der Waals surface area contributed by atoms with E-state index < -0.39 is 17.1 Å². The van der Waals surface area contributed by atoms with Crippen molar-refractivity contribution in [1.82, 2.24) is 0 Å². The molecule has 1 saturated heterocycles. The van der Waals surface area contributed by atoms with Crippen molar-refractivity contribution < 1.29 is 28.9 Å². The third-order valence-electron chi connectivity index (χ3n) is 12.0. The van der Waals surface area contributed by atoms with Crippen molar-refractivity contribution in [2.24, 2.45) is 46.3 Å². The summed E-state index contributed by atoms with van der Waals surface area (Å²) in [6, 6.07) is 0. The molecule has 1 aliphatic heterocycles. The number of rotatable bonds is 8. The minimum atomic E-state index is -0.476. The van der Waals surface area contributed by atoms with Gasteiger partial charge in [-0.15, -0.1) is 0 Å². The first-order valence-corrected chi connectivity index (χ1v) is 15.2. The van der Waals surface area contributed by atoms with Crippen molar-refractivity contribution in [2.45, 2.75) is 123 Å². The fourth-order valence-electron chi connectivity index (χ4n) is 10.2. The minimum absolute atomic E-state index is 0.0739. The summed E-state index contributed by atoms with van der Waals surface area (Å²) in [5.41, 5.74) is 0.520. The quantitative estimate of drug-likeness (QED) is 0.241. The maximum atomic E-state index is 12.5. The van der Waals surface area contributed by atoms with Crippen LogP contribution in [0.1, 0.15) is 99.3 Å². The van der Waals surface area contributed by atoms with Gasteiger partial charge in [0, 0.05) is 31.6 Å². The van der Waals surface area contributed by atoms with Crippen molar-refractivity contribution in [3.05, 3.63) is 12.2 Å². The van der Waals surface area contributed by atoms with E-state index in [1.807, 2.05) is 0 Å². The highest BCUT2D eigenvalue weighted by Gasteiger charge is 2.80. The van der Waals surface area contributed by atoms with Gasteiger partial charge in [-0.3, -0.25) is 9.59 Å². The van der Waals surface area contributed by atoms with E-state index in [9.17, 15) is 14.7 Å². The number of esters is 2. The predicted molar refractivity (Wildman–Crippen MR) is 145 cm³/mol. The van der Waals surface area contributed by atoms with E-state index in [-0.39, 0.29) is 42.1 Å². The largest absolute Gasteiger partial charge is 0.465 e. The number of hydrogen-bond donors (Lipinski definition) is 1. The van der Waals surface area contributed by atoms with E-state index in [1.54, 1.807) is 0 Å². The lowest BCUT2D eigenvalue weighted by atomic mass is 9.43. The van der Waals surface area contributed by atoms with E-state index in [2.05, 4.69) is 34.3 Å². The van der Waals surface area contributed by atoms with Crippen molar-refractivity contribution >= 4 is 11.9 Å². The van der Waals surface area contributed by atoms with Crippen LogP contribution in [-0.2, 0) is 23.8 Å². The lowest BCUT2D eigenvalue weighted by Crippen LogP contribution is -2.66. The van der Waals surface area contributed by atoms with Crippen LogP contribution in [0.4, 0.5) is 0 Å². The molecule has 6 heteroatoms. The van der Waals surface area contributed by atoms with Crippen LogP contribution in [0.2, 0.25) is 0 Å². The molecule has 1 heterocycles. The molecule has 11 atom stereocenters. The zero-order valence-corrected chi connectivity index (χ0v) is 24.5. The summed E-state index contributed by atoms with van der Waals surface area (Å²) in [5, 5.41) is 10.7. The molecule has 214 valence electrons. The van der Waals surface area contributed by atoms with Crippen LogP contribution >= 0.6 is 0 Å². The summed E-state index contributed by atoms with van der Waals surface area (Å²) in [7, 11) is 0. The highest BCUT2D eigenvalue weighted by molar-refractivity contribution is 5.66. The molecule has 0 aromatic carbocycles. The molecule has 38 heavy (non-hydrogen) atoms. The van der Waals surface area contributed by atoms with E-state index >= 15 is 0 Å². The molecule has 5 fully saturated rings. The van der Waals surface area contributed by atoms with Crippen molar-refractivity contribution in [3.63, 3.8) is 0 Å². The number of allylic oxidation sites excluding steroid dienone is 1. The van der Waals surface area contributed by atoms with Crippen LogP contribution in [0, 0.1) is 46.3 Å². The second-order valence-electron chi connectivity index (χ2n) is 14.2. The zero-order chi connectivity index (χ0) is 27.6. The fourth-order valence-corrected chi connectivity index (χ4v) is 10.2. The maximum Gasteiger partial charge on any atom is 0.302 e. The Morgan fingerprint density at radius 3 is 2.50 bits per heavy atom. The summed E-state index contributed by atoms with van der Waals surface area (Å²) in [4.78, 5) is 24.6. The molecule has 6 nitrogen and oxygen atoms in total. The second-order valence-corrected chi connectivity index (χ2v) is 14.2. The molecule has 4 aliphatic carbocycles. The van der Waals surface area contributed by atoms with Crippen LogP contribution in [0.5, 0.6) is 0 Å². The number of carbonyl (C=O) groups excluding carboxylic acids is 2. The summed E-state index contributed by atoms with van der Waals surface area (Å²) in [6.07, 6.45) is 7.85. The van der Waals surface area contributed by atoms with Gasteiger partial charge in [-0.25, -0.2) is 0 Å². The van der Waals surface area contributed by atoms with Crippen LogP contribution in [-0.4, -0.2) is 47.6 Å². The second kappa shape index (κ2) is 9.90.